The molecule has 2 heterocycles. The lowest BCUT2D eigenvalue weighted by Crippen LogP contribution is -2.41. The van der Waals surface area contributed by atoms with E-state index in [0.717, 1.165) is 12.8 Å². The standard InChI is InChI=1S/C24H31N3O5S/c1-3-27(4-2)33(30,31)22-10-7-20(8-11-22)24(29)25-18-19-13-15-26(16-14-19)23(28)12-9-21-6-5-17-32-21/h5-12,17,19H,3-4,13-16,18H2,1-2H3,(H,25,29)/b12-9+. The average Bonchev–Trinajstić information content (AvgIpc) is 3.36. The molecule has 0 spiro atoms. The summed E-state index contributed by atoms with van der Waals surface area (Å²) in [6, 6.07) is 9.59. The van der Waals surface area contributed by atoms with Crippen molar-refractivity contribution >= 4 is 27.9 Å². The normalized spacial score (nSPS) is 15.3. The van der Waals surface area contributed by atoms with Crippen molar-refractivity contribution in [3.05, 3.63) is 60.1 Å². The number of hydrogen-bond donors (Lipinski definition) is 1. The third kappa shape index (κ3) is 6.33. The fraction of sp³-hybridized carbons (Fsp3) is 0.417. The van der Waals surface area contributed by atoms with E-state index in [9.17, 15) is 18.0 Å². The highest BCUT2D eigenvalue weighted by Crippen LogP contribution is 2.18. The highest BCUT2D eigenvalue weighted by atomic mass is 32.2. The smallest absolute Gasteiger partial charge is 0.251 e. The lowest BCUT2D eigenvalue weighted by molar-refractivity contribution is -0.127. The highest BCUT2D eigenvalue weighted by Gasteiger charge is 2.23. The third-order valence-corrected chi connectivity index (χ3v) is 7.93. The van der Waals surface area contributed by atoms with Gasteiger partial charge in [-0.15, -0.1) is 0 Å². The summed E-state index contributed by atoms with van der Waals surface area (Å²) < 4.78 is 31.7. The minimum Gasteiger partial charge on any atom is -0.465 e. The van der Waals surface area contributed by atoms with E-state index in [1.165, 1.54) is 22.5 Å². The molecule has 178 valence electrons. The predicted molar refractivity (Wildman–Crippen MR) is 126 cm³/mol. The van der Waals surface area contributed by atoms with Crippen LogP contribution < -0.4 is 5.32 Å². The molecular formula is C24H31N3O5S. The van der Waals surface area contributed by atoms with E-state index in [0.29, 0.717) is 44.0 Å². The highest BCUT2D eigenvalue weighted by molar-refractivity contribution is 7.89. The molecular weight excluding hydrogens is 442 g/mol. The van der Waals surface area contributed by atoms with E-state index in [4.69, 9.17) is 4.42 Å². The van der Waals surface area contributed by atoms with Crippen molar-refractivity contribution < 1.29 is 22.4 Å². The first-order valence-electron chi connectivity index (χ1n) is 11.2. The molecule has 0 unspecified atom stereocenters. The maximum absolute atomic E-state index is 12.6. The first kappa shape index (κ1) is 24.7. The van der Waals surface area contributed by atoms with Crippen molar-refractivity contribution in [2.45, 2.75) is 31.6 Å². The molecule has 0 radical (unpaired) electrons. The van der Waals surface area contributed by atoms with Gasteiger partial charge in [-0.25, -0.2) is 8.42 Å². The number of nitrogens with zero attached hydrogens (tertiary/aromatic N) is 2. The molecule has 1 N–H and O–H groups in total. The van der Waals surface area contributed by atoms with Crippen molar-refractivity contribution in [1.29, 1.82) is 0 Å². The molecule has 1 aromatic heterocycles. The Morgan fingerprint density at radius 1 is 1.12 bits per heavy atom. The van der Waals surface area contributed by atoms with E-state index in [-0.39, 0.29) is 22.6 Å². The van der Waals surface area contributed by atoms with Gasteiger partial charge in [0.2, 0.25) is 15.9 Å². The number of carbonyl (C=O) groups is 2. The number of benzene rings is 1. The molecule has 0 aliphatic carbocycles. The van der Waals surface area contributed by atoms with Gasteiger partial charge in [0.25, 0.3) is 5.91 Å². The van der Waals surface area contributed by atoms with Gasteiger partial charge in [0.15, 0.2) is 0 Å². The van der Waals surface area contributed by atoms with Gasteiger partial charge in [-0.05, 0) is 61.2 Å². The van der Waals surface area contributed by atoms with E-state index in [1.54, 1.807) is 55.4 Å². The van der Waals surface area contributed by atoms with Gasteiger partial charge in [0.1, 0.15) is 5.76 Å². The average molecular weight is 474 g/mol. The molecule has 1 saturated heterocycles. The second-order valence-electron chi connectivity index (χ2n) is 7.94. The van der Waals surface area contributed by atoms with Crippen LogP contribution in [-0.2, 0) is 14.8 Å². The second kappa shape index (κ2) is 11.3. The molecule has 1 aliphatic heterocycles. The van der Waals surface area contributed by atoms with Crippen LogP contribution >= 0.6 is 0 Å². The van der Waals surface area contributed by atoms with Crippen molar-refractivity contribution in [2.75, 3.05) is 32.7 Å². The number of rotatable bonds is 9. The zero-order valence-electron chi connectivity index (χ0n) is 19.1. The van der Waals surface area contributed by atoms with Gasteiger partial charge in [0, 0.05) is 44.4 Å². The first-order chi connectivity index (χ1) is 15.8. The minimum absolute atomic E-state index is 0.0476. The maximum atomic E-state index is 12.6. The molecule has 1 fully saturated rings. The Balaban J connectivity index is 1.46. The molecule has 8 nitrogen and oxygen atoms in total. The van der Waals surface area contributed by atoms with Gasteiger partial charge in [-0.1, -0.05) is 13.8 Å². The summed E-state index contributed by atoms with van der Waals surface area (Å²) in [5.41, 5.74) is 0.421. The van der Waals surface area contributed by atoms with Crippen molar-refractivity contribution in [3.63, 3.8) is 0 Å². The molecule has 0 bridgehead atoms. The molecule has 3 rings (SSSR count). The number of sulfonamides is 1. The van der Waals surface area contributed by atoms with Crippen LogP contribution in [0.5, 0.6) is 0 Å². The van der Waals surface area contributed by atoms with E-state index in [2.05, 4.69) is 5.32 Å². The summed E-state index contributed by atoms with van der Waals surface area (Å²) in [5.74, 6) is 0.643. The third-order valence-electron chi connectivity index (χ3n) is 5.87. The molecule has 33 heavy (non-hydrogen) atoms. The zero-order valence-corrected chi connectivity index (χ0v) is 19.9. The van der Waals surface area contributed by atoms with Crippen molar-refractivity contribution in [3.8, 4) is 0 Å². The SMILES string of the molecule is CCN(CC)S(=O)(=O)c1ccc(C(=O)NCC2CCN(C(=O)/C=C/c3ccco3)CC2)cc1. The number of likely N-dealkylation sites (tertiary alicyclic amines) is 1. The lowest BCUT2D eigenvalue weighted by atomic mass is 9.96. The van der Waals surface area contributed by atoms with E-state index in [1.807, 2.05) is 0 Å². The fourth-order valence-electron chi connectivity index (χ4n) is 3.83. The Bertz CT molecular complexity index is 1050. The summed E-state index contributed by atoms with van der Waals surface area (Å²) >= 11 is 0. The summed E-state index contributed by atoms with van der Waals surface area (Å²) in [5, 5.41) is 2.93. The molecule has 0 saturated carbocycles. The molecule has 1 aromatic carbocycles. The Kier molecular flexibility index (Phi) is 8.46. The summed E-state index contributed by atoms with van der Waals surface area (Å²) in [6.45, 7) is 6.17. The molecule has 2 amide bonds. The molecule has 9 heteroatoms. The number of amides is 2. The first-order valence-corrected chi connectivity index (χ1v) is 12.7. The number of nitrogens with one attached hydrogen (secondary N) is 1. The molecule has 2 aromatic rings. The van der Waals surface area contributed by atoms with Gasteiger partial charge in [-0.2, -0.15) is 4.31 Å². The fourth-order valence-corrected chi connectivity index (χ4v) is 5.29. The van der Waals surface area contributed by atoms with E-state index < -0.39 is 10.0 Å². The zero-order chi connectivity index (χ0) is 23.8. The van der Waals surface area contributed by atoms with Crippen molar-refractivity contribution in [2.24, 2.45) is 5.92 Å². The van der Waals surface area contributed by atoms with E-state index >= 15 is 0 Å². The van der Waals surface area contributed by atoms with Crippen molar-refractivity contribution in [1.82, 2.24) is 14.5 Å². The van der Waals surface area contributed by atoms with Gasteiger partial charge >= 0.3 is 0 Å². The Hall–Kier alpha value is -2.91. The Morgan fingerprint density at radius 2 is 1.79 bits per heavy atom. The van der Waals surface area contributed by atoms with Crippen LogP contribution in [0.2, 0.25) is 0 Å². The molecule has 0 atom stereocenters. The number of carbonyl (C=O) groups excluding carboxylic acids is 2. The summed E-state index contributed by atoms with van der Waals surface area (Å²) in [6.07, 6.45) is 6.36. The van der Waals surface area contributed by atoms with Crippen LogP contribution in [-0.4, -0.2) is 62.2 Å². The number of piperidine rings is 1. The van der Waals surface area contributed by atoms with Crippen LogP contribution in [0.15, 0.2) is 58.1 Å². The number of furan rings is 1. The van der Waals surface area contributed by atoms with Gasteiger partial charge < -0.3 is 14.6 Å². The monoisotopic (exact) mass is 473 g/mol. The van der Waals surface area contributed by atoms with Gasteiger partial charge in [-0.3, -0.25) is 9.59 Å². The lowest BCUT2D eigenvalue weighted by Gasteiger charge is -2.31. The Morgan fingerprint density at radius 3 is 2.36 bits per heavy atom. The Labute approximate surface area is 195 Å². The summed E-state index contributed by atoms with van der Waals surface area (Å²) in [7, 11) is -3.54. The largest absolute Gasteiger partial charge is 0.465 e. The molecule has 1 aliphatic rings. The topological polar surface area (TPSA) is 99.9 Å². The van der Waals surface area contributed by atoms with Gasteiger partial charge in [0.05, 0.1) is 11.2 Å². The van der Waals surface area contributed by atoms with Crippen LogP contribution in [0.3, 0.4) is 0 Å². The van der Waals surface area contributed by atoms with Crippen LogP contribution in [0.4, 0.5) is 0 Å². The van der Waals surface area contributed by atoms with Crippen LogP contribution in [0, 0.1) is 5.92 Å². The predicted octanol–water partition coefficient (Wildman–Crippen LogP) is 2.99. The quantitative estimate of drug-likeness (QED) is 0.565. The van der Waals surface area contributed by atoms with Crippen LogP contribution in [0.1, 0.15) is 42.8 Å². The summed E-state index contributed by atoms with van der Waals surface area (Å²) in [4.78, 5) is 26.8. The number of hydrogen-bond acceptors (Lipinski definition) is 5. The second-order valence-corrected chi connectivity index (χ2v) is 9.88. The minimum atomic E-state index is -3.54. The van der Waals surface area contributed by atoms with Crippen LogP contribution in [0.25, 0.3) is 6.08 Å². The maximum Gasteiger partial charge on any atom is 0.251 e.